The summed E-state index contributed by atoms with van der Waals surface area (Å²) in [7, 11) is 0. The molecule has 0 bridgehead atoms. The Balaban J connectivity index is 1.84. The molecule has 0 aliphatic rings. The number of nitrogens with one attached hydrogen (secondary N) is 1. The van der Waals surface area contributed by atoms with E-state index in [0.29, 0.717) is 11.3 Å². The molecule has 0 spiro atoms. The minimum Gasteiger partial charge on any atom is -0.343 e. The molecule has 124 valence electrons. The fourth-order valence-electron chi connectivity index (χ4n) is 2.39. The lowest BCUT2D eigenvalue weighted by Gasteiger charge is -2.13. The van der Waals surface area contributed by atoms with Crippen LogP contribution in [0, 0.1) is 25.5 Å². The van der Waals surface area contributed by atoms with E-state index in [4.69, 9.17) is 0 Å². The van der Waals surface area contributed by atoms with Gasteiger partial charge in [-0.05, 0) is 44.5 Å². The Hall–Kier alpha value is -2.90. The molecular weight excluding hydrogens is 316 g/mol. The molecule has 0 aliphatic carbocycles. The molecule has 3 rings (SSSR count). The Morgan fingerprint density at radius 3 is 2.62 bits per heavy atom. The van der Waals surface area contributed by atoms with Crippen molar-refractivity contribution in [3.05, 3.63) is 58.7 Å². The van der Waals surface area contributed by atoms with Gasteiger partial charge in [-0.1, -0.05) is 6.07 Å². The van der Waals surface area contributed by atoms with E-state index in [9.17, 15) is 13.6 Å². The average molecular weight is 331 g/mol. The predicted octanol–water partition coefficient (Wildman–Crippen LogP) is 2.51. The third-order valence-corrected chi connectivity index (χ3v) is 3.61. The molecule has 3 aromatic rings. The summed E-state index contributed by atoms with van der Waals surface area (Å²) in [6.45, 7) is 5.32. The number of aryl methyl sites for hydroxylation is 2. The van der Waals surface area contributed by atoms with Gasteiger partial charge in [0, 0.05) is 11.4 Å². The van der Waals surface area contributed by atoms with Crippen LogP contribution in [0.25, 0.3) is 5.78 Å². The predicted molar refractivity (Wildman–Crippen MR) is 82.5 cm³/mol. The molecule has 2 aromatic heterocycles. The molecule has 1 amide bonds. The SMILES string of the molecule is Cc1cc(C)n2nc(C(=O)NC(C)c3ccc(F)c(F)c3)nc2n1. The second kappa shape index (κ2) is 5.95. The minimum absolute atomic E-state index is 0.0365. The molecule has 0 radical (unpaired) electrons. The van der Waals surface area contributed by atoms with E-state index in [-0.39, 0.29) is 5.82 Å². The van der Waals surface area contributed by atoms with E-state index in [2.05, 4.69) is 20.4 Å². The summed E-state index contributed by atoms with van der Waals surface area (Å²) in [6.07, 6.45) is 0. The van der Waals surface area contributed by atoms with Gasteiger partial charge in [0.15, 0.2) is 11.6 Å². The van der Waals surface area contributed by atoms with Crippen molar-refractivity contribution < 1.29 is 13.6 Å². The number of fused-ring (bicyclic) bond motifs is 1. The Kier molecular flexibility index (Phi) is 3.96. The van der Waals surface area contributed by atoms with Crippen molar-refractivity contribution in [1.29, 1.82) is 0 Å². The van der Waals surface area contributed by atoms with Crippen LogP contribution in [0.3, 0.4) is 0 Å². The first kappa shape index (κ1) is 16.0. The number of nitrogens with zero attached hydrogens (tertiary/aromatic N) is 4. The van der Waals surface area contributed by atoms with Gasteiger partial charge in [-0.3, -0.25) is 4.79 Å². The third-order valence-electron chi connectivity index (χ3n) is 3.61. The van der Waals surface area contributed by atoms with Crippen LogP contribution in [-0.2, 0) is 0 Å². The van der Waals surface area contributed by atoms with Gasteiger partial charge in [0.05, 0.1) is 6.04 Å². The fraction of sp³-hybridized carbons (Fsp3) is 0.250. The van der Waals surface area contributed by atoms with Crippen LogP contribution < -0.4 is 5.32 Å². The van der Waals surface area contributed by atoms with Crippen LogP contribution in [0.5, 0.6) is 0 Å². The number of carbonyl (C=O) groups is 1. The Bertz CT molecular complexity index is 938. The van der Waals surface area contributed by atoms with Crippen LogP contribution in [0.2, 0.25) is 0 Å². The molecule has 1 unspecified atom stereocenters. The van der Waals surface area contributed by atoms with Gasteiger partial charge in [-0.25, -0.2) is 18.3 Å². The Labute approximate surface area is 136 Å². The van der Waals surface area contributed by atoms with E-state index in [1.165, 1.54) is 10.6 Å². The zero-order valence-electron chi connectivity index (χ0n) is 13.3. The Morgan fingerprint density at radius 2 is 1.92 bits per heavy atom. The van der Waals surface area contributed by atoms with Gasteiger partial charge in [0.1, 0.15) is 0 Å². The van der Waals surface area contributed by atoms with Gasteiger partial charge in [-0.2, -0.15) is 4.98 Å². The van der Waals surface area contributed by atoms with E-state index < -0.39 is 23.6 Å². The second-order valence-electron chi connectivity index (χ2n) is 5.55. The summed E-state index contributed by atoms with van der Waals surface area (Å²) >= 11 is 0. The molecule has 1 aromatic carbocycles. The molecule has 0 saturated heterocycles. The Morgan fingerprint density at radius 1 is 1.17 bits per heavy atom. The first-order valence-corrected chi connectivity index (χ1v) is 7.32. The van der Waals surface area contributed by atoms with Crippen molar-refractivity contribution in [2.24, 2.45) is 0 Å². The zero-order chi connectivity index (χ0) is 17.4. The summed E-state index contributed by atoms with van der Waals surface area (Å²) in [6, 6.07) is 4.77. The number of hydrogen-bond donors (Lipinski definition) is 1. The molecule has 0 saturated carbocycles. The molecule has 6 nitrogen and oxygen atoms in total. The van der Waals surface area contributed by atoms with Gasteiger partial charge >= 0.3 is 0 Å². The molecule has 0 fully saturated rings. The first-order chi connectivity index (χ1) is 11.3. The summed E-state index contributed by atoms with van der Waals surface area (Å²) in [5.74, 6) is -2.12. The normalized spacial score (nSPS) is 12.4. The number of rotatable bonds is 3. The van der Waals surface area contributed by atoms with Gasteiger partial charge in [0.2, 0.25) is 5.82 Å². The van der Waals surface area contributed by atoms with E-state index in [0.717, 1.165) is 23.5 Å². The summed E-state index contributed by atoms with van der Waals surface area (Å²) in [5.41, 5.74) is 2.02. The van der Waals surface area contributed by atoms with Crippen molar-refractivity contribution in [1.82, 2.24) is 24.9 Å². The number of halogens is 2. The fourth-order valence-corrected chi connectivity index (χ4v) is 2.39. The lowest BCUT2D eigenvalue weighted by molar-refractivity contribution is 0.0929. The molecular formula is C16H15F2N5O. The highest BCUT2D eigenvalue weighted by Crippen LogP contribution is 2.16. The molecule has 1 N–H and O–H groups in total. The molecule has 8 heteroatoms. The first-order valence-electron chi connectivity index (χ1n) is 7.32. The lowest BCUT2D eigenvalue weighted by Crippen LogP contribution is -2.27. The van der Waals surface area contributed by atoms with Crippen molar-refractivity contribution in [2.75, 3.05) is 0 Å². The zero-order valence-corrected chi connectivity index (χ0v) is 13.3. The third kappa shape index (κ3) is 2.94. The van der Waals surface area contributed by atoms with Crippen LogP contribution in [0.4, 0.5) is 8.78 Å². The van der Waals surface area contributed by atoms with E-state index in [1.54, 1.807) is 6.92 Å². The highest BCUT2D eigenvalue weighted by atomic mass is 19.2. The number of aromatic nitrogens is 4. The van der Waals surface area contributed by atoms with Crippen LogP contribution in [0.15, 0.2) is 24.3 Å². The largest absolute Gasteiger partial charge is 0.343 e. The smallest absolute Gasteiger partial charge is 0.291 e. The average Bonchev–Trinajstić information content (AvgIpc) is 2.94. The maximum atomic E-state index is 13.3. The number of benzene rings is 1. The molecule has 1 atom stereocenters. The summed E-state index contributed by atoms with van der Waals surface area (Å²) in [4.78, 5) is 20.6. The number of hydrogen-bond acceptors (Lipinski definition) is 4. The van der Waals surface area contributed by atoms with Gasteiger partial charge in [-0.15, -0.1) is 5.10 Å². The monoisotopic (exact) mass is 331 g/mol. The quantitative estimate of drug-likeness (QED) is 0.800. The maximum absolute atomic E-state index is 13.3. The molecule has 0 aliphatic heterocycles. The van der Waals surface area contributed by atoms with Crippen molar-refractivity contribution in [3.63, 3.8) is 0 Å². The van der Waals surface area contributed by atoms with Crippen molar-refractivity contribution in [3.8, 4) is 0 Å². The van der Waals surface area contributed by atoms with E-state index in [1.807, 2.05) is 19.9 Å². The van der Waals surface area contributed by atoms with Crippen molar-refractivity contribution >= 4 is 11.7 Å². The highest BCUT2D eigenvalue weighted by Gasteiger charge is 2.18. The molecule has 2 heterocycles. The summed E-state index contributed by atoms with van der Waals surface area (Å²) < 4.78 is 27.8. The lowest BCUT2D eigenvalue weighted by atomic mass is 10.1. The number of amides is 1. The topological polar surface area (TPSA) is 72.2 Å². The van der Waals surface area contributed by atoms with Crippen LogP contribution >= 0.6 is 0 Å². The highest BCUT2D eigenvalue weighted by molar-refractivity contribution is 5.91. The minimum atomic E-state index is -0.963. The van der Waals surface area contributed by atoms with Crippen LogP contribution in [-0.4, -0.2) is 25.5 Å². The van der Waals surface area contributed by atoms with E-state index >= 15 is 0 Å². The standard InChI is InChI=1S/C16H15F2N5O/c1-8-6-9(2)23-16(19-8)21-14(22-23)15(24)20-10(3)11-4-5-12(17)13(18)7-11/h4-7,10H,1-3H3,(H,20,24). The number of carbonyl (C=O) groups excluding carboxylic acids is 1. The van der Waals surface area contributed by atoms with Gasteiger partial charge < -0.3 is 5.32 Å². The summed E-state index contributed by atoms with van der Waals surface area (Å²) in [5, 5.41) is 6.79. The molecule has 24 heavy (non-hydrogen) atoms. The second-order valence-corrected chi connectivity index (χ2v) is 5.55. The van der Waals surface area contributed by atoms with Crippen LogP contribution in [0.1, 0.15) is 40.5 Å². The van der Waals surface area contributed by atoms with Crippen molar-refractivity contribution in [2.45, 2.75) is 26.8 Å². The maximum Gasteiger partial charge on any atom is 0.291 e. The van der Waals surface area contributed by atoms with Gasteiger partial charge in [0.25, 0.3) is 11.7 Å².